The van der Waals surface area contributed by atoms with Crippen LogP contribution < -0.4 is 17.3 Å². The molecule has 0 fully saturated rings. The van der Waals surface area contributed by atoms with Gasteiger partial charge in [-0.3, -0.25) is 14.6 Å². The molecule has 0 radical (unpaired) electrons. The lowest BCUT2D eigenvalue weighted by atomic mass is 10.2. The number of hydrogen-bond donors (Lipinski definition) is 3. The summed E-state index contributed by atoms with van der Waals surface area (Å²) in [6, 6.07) is 0. The number of nitrogens with zero attached hydrogens (tertiary/aromatic N) is 3. The molecule has 0 aromatic rings. The van der Waals surface area contributed by atoms with Crippen molar-refractivity contribution >= 4 is 23.9 Å². The van der Waals surface area contributed by atoms with E-state index in [1.54, 1.807) is 0 Å². The van der Waals surface area contributed by atoms with Gasteiger partial charge in [-0.05, 0) is 7.05 Å². The van der Waals surface area contributed by atoms with Gasteiger partial charge in [0.2, 0.25) is 0 Å². The Morgan fingerprint density at radius 3 is 2.43 bits per heavy atom. The van der Waals surface area contributed by atoms with Crippen LogP contribution in [0.4, 0.5) is 0 Å². The molecule has 0 atom stereocenters. The number of nitroso groups, excluding NO2 is 1. The molecular weight excluding hydrogens is 284 g/mol. The van der Waals surface area contributed by atoms with Gasteiger partial charge in [-0.1, -0.05) is 0 Å². The molecule has 11 nitrogen and oxygen atoms in total. The number of aldehydes is 1. The number of carbonyl (C=O) groups is 3. The largest absolute Gasteiger partial charge is 0.464 e. The van der Waals surface area contributed by atoms with Gasteiger partial charge < -0.3 is 16.2 Å². The average molecular weight is 298 g/mol. The lowest BCUT2D eigenvalue weighted by Crippen LogP contribution is -2.39. The van der Waals surface area contributed by atoms with Crippen molar-refractivity contribution < 1.29 is 19.1 Å². The second kappa shape index (κ2) is 8.29. The Bertz CT molecular complexity index is 550. The van der Waals surface area contributed by atoms with Crippen molar-refractivity contribution in [3.05, 3.63) is 28.2 Å². The van der Waals surface area contributed by atoms with E-state index in [1.165, 1.54) is 7.05 Å². The first kappa shape index (κ1) is 18.1. The van der Waals surface area contributed by atoms with Gasteiger partial charge in [0.05, 0.1) is 7.11 Å². The van der Waals surface area contributed by atoms with Crippen molar-refractivity contribution in [1.82, 2.24) is 5.01 Å². The second-order valence-corrected chi connectivity index (χ2v) is 3.18. The lowest BCUT2D eigenvalue weighted by Gasteiger charge is -2.24. The van der Waals surface area contributed by atoms with Crippen molar-refractivity contribution in [3.8, 4) is 0 Å². The van der Waals surface area contributed by atoms with E-state index in [2.05, 4.69) is 20.6 Å². The molecule has 1 rings (SSSR count). The Labute approximate surface area is 119 Å². The summed E-state index contributed by atoms with van der Waals surface area (Å²) in [7, 11) is 2.58. The standard InChI is InChI=1S/C9H9N5O5.CH5N/c1-19-9(17)6-2-5(8(16)13-18)12-7(14(6)11)4(10)3-15;1-2/h2-3H,10-11H2,1H3;2H2,1H3/b7-4-;. The molecule has 1 aliphatic rings. The summed E-state index contributed by atoms with van der Waals surface area (Å²) in [5.74, 6) is 2.99. The number of allylic oxidation sites excluding steroid dienone is 1. The fourth-order valence-corrected chi connectivity index (χ4v) is 1.19. The number of methoxy groups -OCH3 is 1. The highest BCUT2D eigenvalue weighted by Gasteiger charge is 2.28. The molecule has 0 aromatic heterocycles. The SMILES string of the molecule is CN.COC(=O)C1=CC(C(=O)N=O)=N/C(=C(/N)C=O)N1N. The smallest absolute Gasteiger partial charge is 0.356 e. The van der Waals surface area contributed by atoms with Gasteiger partial charge in [0.1, 0.15) is 17.1 Å². The van der Waals surface area contributed by atoms with E-state index >= 15 is 0 Å². The third kappa shape index (κ3) is 4.02. The molecule has 0 spiro atoms. The maximum absolute atomic E-state index is 11.5. The summed E-state index contributed by atoms with van der Waals surface area (Å²) in [5, 5.41) is 2.81. The van der Waals surface area contributed by atoms with Gasteiger partial charge in [-0.25, -0.2) is 15.6 Å². The average Bonchev–Trinajstić information content (AvgIpc) is 2.54. The highest BCUT2D eigenvalue weighted by Crippen LogP contribution is 2.18. The van der Waals surface area contributed by atoms with Gasteiger partial charge in [0.25, 0.3) is 0 Å². The van der Waals surface area contributed by atoms with Crippen LogP contribution in [0.5, 0.6) is 0 Å². The predicted molar refractivity (Wildman–Crippen MR) is 71.8 cm³/mol. The van der Waals surface area contributed by atoms with Crippen molar-refractivity contribution in [3.63, 3.8) is 0 Å². The molecular formula is C10H14N6O5. The number of amides is 1. The molecule has 21 heavy (non-hydrogen) atoms. The minimum Gasteiger partial charge on any atom is -0.464 e. The fraction of sp³-hybridized carbons (Fsp3) is 0.200. The molecule has 1 aliphatic heterocycles. The van der Waals surface area contributed by atoms with E-state index in [0.29, 0.717) is 5.01 Å². The fourth-order valence-electron chi connectivity index (χ4n) is 1.19. The minimum absolute atomic E-state index is 0.218. The zero-order chi connectivity index (χ0) is 16.6. The third-order valence-electron chi connectivity index (χ3n) is 2.07. The lowest BCUT2D eigenvalue weighted by molar-refractivity contribution is -0.137. The molecule has 1 heterocycles. The van der Waals surface area contributed by atoms with Gasteiger partial charge in [0.15, 0.2) is 12.1 Å². The van der Waals surface area contributed by atoms with Crippen LogP contribution in [0.2, 0.25) is 0 Å². The maximum atomic E-state index is 11.5. The summed E-state index contributed by atoms with van der Waals surface area (Å²) in [5.41, 5.74) is 8.57. The topological polar surface area (TPSA) is 184 Å². The number of ether oxygens (including phenoxy) is 1. The van der Waals surface area contributed by atoms with E-state index in [-0.39, 0.29) is 17.8 Å². The zero-order valence-corrected chi connectivity index (χ0v) is 11.3. The van der Waals surface area contributed by atoms with Crippen LogP contribution >= 0.6 is 0 Å². The number of esters is 1. The molecule has 0 bridgehead atoms. The molecule has 11 heteroatoms. The van der Waals surface area contributed by atoms with Crippen molar-refractivity contribution in [1.29, 1.82) is 0 Å². The zero-order valence-electron chi connectivity index (χ0n) is 11.3. The number of aliphatic imine (C=N–C) groups is 1. The third-order valence-corrected chi connectivity index (χ3v) is 2.07. The molecule has 1 amide bonds. The molecule has 0 aromatic carbocycles. The van der Waals surface area contributed by atoms with Crippen LogP contribution in [0.25, 0.3) is 0 Å². The molecule has 0 unspecified atom stereocenters. The van der Waals surface area contributed by atoms with E-state index in [9.17, 15) is 19.3 Å². The van der Waals surface area contributed by atoms with Gasteiger partial charge in [-0.15, -0.1) is 4.91 Å². The Morgan fingerprint density at radius 1 is 1.43 bits per heavy atom. The first-order valence-electron chi connectivity index (χ1n) is 5.30. The summed E-state index contributed by atoms with van der Waals surface area (Å²) in [6.07, 6.45) is 1.12. The summed E-state index contributed by atoms with van der Waals surface area (Å²) in [6.45, 7) is 0. The van der Waals surface area contributed by atoms with Crippen molar-refractivity contribution in [2.75, 3.05) is 14.2 Å². The normalized spacial score (nSPS) is 15.7. The maximum Gasteiger partial charge on any atom is 0.356 e. The monoisotopic (exact) mass is 298 g/mol. The highest BCUT2D eigenvalue weighted by atomic mass is 16.5. The Hall–Kier alpha value is -2.92. The number of rotatable bonds is 3. The molecule has 0 aliphatic carbocycles. The van der Waals surface area contributed by atoms with E-state index < -0.39 is 23.3 Å². The van der Waals surface area contributed by atoms with Gasteiger partial charge in [-0.2, -0.15) is 0 Å². The Morgan fingerprint density at radius 2 is 2.00 bits per heavy atom. The highest BCUT2D eigenvalue weighted by molar-refractivity contribution is 6.44. The first-order valence-corrected chi connectivity index (χ1v) is 5.30. The van der Waals surface area contributed by atoms with E-state index in [0.717, 1.165) is 13.2 Å². The van der Waals surface area contributed by atoms with Gasteiger partial charge in [0, 0.05) is 11.3 Å². The van der Waals surface area contributed by atoms with Crippen LogP contribution in [-0.4, -0.2) is 43.0 Å². The van der Waals surface area contributed by atoms with Crippen molar-refractivity contribution in [2.24, 2.45) is 27.5 Å². The van der Waals surface area contributed by atoms with Crippen LogP contribution in [0, 0.1) is 4.91 Å². The summed E-state index contributed by atoms with van der Waals surface area (Å²) >= 11 is 0. The summed E-state index contributed by atoms with van der Waals surface area (Å²) < 4.78 is 4.43. The number of nitrogens with two attached hydrogens (primary N) is 3. The number of hydrogen-bond acceptors (Lipinski definition) is 10. The molecule has 6 N–H and O–H groups in total. The quantitative estimate of drug-likeness (QED) is 0.172. The Balaban J connectivity index is 0.00000191. The number of hydrazine groups is 1. The molecule has 0 saturated heterocycles. The van der Waals surface area contributed by atoms with Gasteiger partial charge >= 0.3 is 11.9 Å². The van der Waals surface area contributed by atoms with E-state index in [4.69, 9.17) is 11.6 Å². The van der Waals surface area contributed by atoms with Crippen LogP contribution in [0.15, 0.2) is 33.5 Å². The Kier molecular flexibility index (Phi) is 7.14. The molecule has 0 saturated carbocycles. The van der Waals surface area contributed by atoms with E-state index in [1.807, 2.05) is 0 Å². The predicted octanol–water partition coefficient (Wildman–Crippen LogP) is -2.13. The van der Waals surface area contributed by atoms with Crippen LogP contribution in [0.3, 0.4) is 0 Å². The minimum atomic E-state index is -1.24. The first-order chi connectivity index (χ1) is 9.96. The number of carbonyl (C=O) groups excluding carboxylic acids is 3. The second-order valence-electron chi connectivity index (χ2n) is 3.18. The summed E-state index contributed by atoms with van der Waals surface area (Å²) in [4.78, 5) is 47.0. The van der Waals surface area contributed by atoms with Crippen molar-refractivity contribution in [2.45, 2.75) is 0 Å². The van der Waals surface area contributed by atoms with Crippen LogP contribution in [0.1, 0.15) is 0 Å². The van der Waals surface area contributed by atoms with Crippen LogP contribution in [-0.2, 0) is 19.1 Å². The molecule has 114 valence electrons.